The molecule has 0 saturated carbocycles. The first-order valence-electron chi connectivity index (χ1n) is 4.21. The molecular weight excluding hydrogens is 314 g/mol. The molecule has 0 aliphatic rings. The monoisotopic (exact) mass is 324 g/mol. The quantitative estimate of drug-likeness (QED) is 0.836. The minimum absolute atomic E-state index is 0.248. The topological polar surface area (TPSA) is 57.5 Å². The molecular formula is C10H10FIO3. The van der Waals surface area contributed by atoms with Crippen LogP contribution in [0.4, 0.5) is 4.39 Å². The summed E-state index contributed by atoms with van der Waals surface area (Å²) in [4.78, 5) is 10.4. The summed E-state index contributed by atoms with van der Waals surface area (Å²) >= 11 is 2.06. The Morgan fingerprint density at radius 2 is 1.93 bits per heavy atom. The molecule has 2 atom stereocenters. The van der Waals surface area contributed by atoms with Gasteiger partial charge in [-0.15, -0.1) is 0 Å². The van der Waals surface area contributed by atoms with Crippen molar-refractivity contribution in [2.45, 2.75) is 18.7 Å². The predicted molar refractivity (Wildman–Crippen MR) is 61.3 cm³/mol. The van der Waals surface area contributed by atoms with Crippen molar-refractivity contribution in [1.29, 1.82) is 0 Å². The van der Waals surface area contributed by atoms with Crippen molar-refractivity contribution in [3.63, 3.8) is 0 Å². The number of carboxylic acid groups (broad SMARTS) is 1. The Kier molecular flexibility index (Phi) is 3.67. The van der Waals surface area contributed by atoms with Gasteiger partial charge in [0.1, 0.15) is 5.60 Å². The van der Waals surface area contributed by atoms with Crippen LogP contribution in [-0.4, -0.2) is 22.4 Å². The SMILES string of the molecule is CC(O)(c1ccc(I)cc1)C(F)C(=O)O. The summed E-state index contributed by atoms with van der Waals surface area (Å²) in [7, 11) is 0. The Morgan fingerprint density at radius 3 is 2.33 bits per heavy atom. The molecule has 82 valence electrons. The van der Waals surface area contributed by atoms with Gasteiger partial charge in [0.25, 0.3) is 0 Å². The molecule has 0 aromatic heterocycles. The van der Waals surface area contributed by atoms with E-state index in [4.69, 9.17) is 5.11 Å². The second-order valence-electron chi connectivity index (χ2n) is 3.36. The van der Waals surface area contributed by atoms with Gasteiger partial charge in [0.05, 0.1) is 0 Å². The van der Waals surface area contributed by atoms with Gasteiger partial charge in [-0.05, 0) is 47.2 Å². The van der Waals surface area contributed by atoms with Gasteiger partial charge in [0, 0.05) is 3.57 Å². The first-order chi connectivity index (χ1) is 6.85. The standard InChI is InChI=1S/C10H10FIO3/c1-10(15,8(11)9(13)14)6-2-4-7(12)5-3-6/h2-5,8,15H,1H3,(H,13,14). The molecule has 1 aromatic carbocycles. The summed E-state index contributed by atoms with van der Waals surface area (Å²) in [5.41, 5.74) is -1.76. The minimum Gasteiger partial charge on any atom is -0.479 e. The van der Waals surface area contributed by atoms with E-state index >= 15 is 0 Å². The van der Waals surface area contributed by atoms with Crippen molar-refractivity contribution in [2.24, 2.45) is 0 Å². The maximum atomic E-state index is 13.2. The van der Waals surface area contributed by atoms with E-state index in [1.807, 2.05) is 0 Å². The van der Waals surface area contributed by atoms with Crippen LogP contribution in [-0.2, 0) is 10.4 Å². The van der Waals surface area contributed by atoms with E-state index in [2.05, 4.69) is 22.6 Å². The fourth-order valence-corrected chi connectivity index (χ4v) is 1.53. The number of aliphatic hydroxyl groups is 1. The van der Waals surface area contributed by atoms with Crippen LogP contribution in [0.3, 0.4) is 0 Å². The molecule has 0 amide bonds. The first kappa shape index (κ1) is 12.4. The molecule has 0 saturated heterocycles. The first-order valence-corrected chi connectivity index (χ1v) is 5.29. The van der Waals surface area contributed by atoms with Crippen LogP contribution in [0.1, 0.15) is 12.5 Å². The molecule has 2 unspecified atom stereocenters. The van der Waals surface area contributed by atoms with Gasteiger partial charge < -0.3 is 10.2 Å². The highest BCUT2D eigenvalue weighted by Gasteiger charge is 2.39. The van der Waals surface area contributed by atoms with Crippen LogP contribution < -0.4 is 0 Å². The van der Waals surface area contributed by atoms with Gasteiger partial charge in [0.15, 0.2) is 0 Å². The smallest absolute Gasteiger partial charge is 0.341 e. The molecule has 1 aromatic rings. The fourth-order valence-electron chi connectivity index (χ4n) is 1.17. The summed E-state index contributed by atoms with van der Waals surface area (Å²) in [6.07, 6.45) is -2.34. The van der Waals surface area contributed by atoms with E-state index in [-0.39, 0.29) is 5.56 Å². The molecule has 0 spiro atoms. The van der Waals surface area contributed by atoms with Crippen molar-refractivity contribution in [2.75, 3.05) is 0 Å². The molecule has 0 heterocycles. The normalized spacial score (nSPS) is 16.8. The average molecular weight is 324 g/mol. The van der Waals surface area contributed by atoms with Crippen LogP contribution in [0.2, 0.25) is 0 Å². The highest BCUT2D eigenvalue weighted by molar-refractivity contribution is 14.1. The number of hydrogen-bond acceptors (Lipinski definition) is 2. The van der Waals surface area contributed by atoms with Crippen LogP contribution in [0, 0.1) is 3.57 Å². The lowest BCUT2D eigenvalue weighted by Crippen LogP contribution is -2.39. The molecule has 2 N–H and O–H groups in total. The van der Waals surface area contributed by atoms with Crippen molar-refractivity contribution in [1.82, 2.24) is 0 Å². The van der Waals surface area contributed by atoms with Crippen LogP contribution >= 0.6 is 22.6 Å². The highest BCUT2D eigenvalue weighted by Crippen LogP contribution is 2.27. The number of hydrogen-bond donors (Lipinski definition) is 2. The number of rotatable bonds is 3. The molecule has 0 radical (unpaired) electrons. The van der Waals surface area contributed by atoms with E-state index in [9.17, 15) is 14.3 Å². The zero-order valence-electron chi connectivity index (χ0n) is 7.95. The molecule has 0 fully saturated rings. The van der Waals surface area contributed by atoms with Gasteiger partial charge in [-0.25, -0.2) is 9.18 Å². The zero-order valence-corrected chi connectivity index (χ0v) is 10.1. The van der Waals surface area contributed by atoms with Crippen molar-refractivity contribution >= 4 is 28.6 Å². The Balaban J connectivity index is 3.05. The van der Waals surface area contributed by atoms with Crippen LogP contribution in [0.25, 0.3) is 0 Å². The number of aliphatic carboxylic acids is 1. The average Bonchev–Trinajstić information content (AvgIpc) is 2.17. The van der Waals surface area contributed by atoms with Crippen LogP contribution in [0.5, 0.6) is 0 Å². The lowest BCUT2D eigenvalue weighted by Gasteiger charge is -2.25. The third kappa shape index (κ3) is 2.66. The Labute approximate surface area is 100 Å². The molecule has 0 aliphatic carbocycles. The summed E-state index contributed by atoms with van der Waals surface area (Å²) in [6, 6.07) is 6.38. The van der Waals surface area contributed by atoms with Gasteiger partial charge in [0.2, 0.25) is 6.17 Å². The third-order valence-electron chi connectivity index (χ3n) is 2.14. The molecule has 0 aliphatic heterocycles. The molecule has 3 nitrogen and oxygen atoms in total. The predicted octanol–water partition coefficient (Wildman–Crippen LogP) is 1.92. The third-order valence-corrected chi connectivity index (χ3v) is 2.86. The Bertz CT molecular complexity index is 361. The maximum absolute atomic E-state index is 13.2. The van der Waals surface area contributed by atoms with Crippen molar-refractivity contribution in [3.8, 4) is 0 Å². The number of carboxylic acids is 1. The number of halogens is 2. The highest BCUT2D eigenvalue weighted by atomic mass is 127. The van der Waals surface area contributed by atoms with Crippen molar-refractivity contribution < 1.29 is 19.4 Å². The lowest BCUT2D eigenvalue weighted by molar-refractivity contribution is -0.153. The Morgan fingerprint density at radius 1 is 1.47 bits per heavy atom. The number of carbonyl (C=O) groups is 1. The zero-order chi connectivity index (χ0) is 11.6. The summed E-state index contributed by atoms with van der Waals surface area (Å²) < 4.78 is 14.2. The second-order valence-corrected chi connectivity index (χ2v) is 4.60. The minimum atomic E-state index is -2.34. The van der Waals surface area contributed by atoms with Gasteiger partial charge in [-0.1, -0.05) is 12.1 Å². The van der Waals surface area contributed by atoms with E-state index in [0.29, 0.717) is 0 Å². The fraction of sp³-hybridized carbons (Fsp3) is 0.300. The number of alkyl halides is 1. The van der Waals surface area contributed by atoms with E-state index < -0.39 is 17.7 Å². The van der Waals surface area contributed by atoms with Gasteiger partial charge in [-0.2, -0.15) is 0 Å². The van der Waals surface area contributed by atoms with E-state index in [1.165, 1.54) is 12.1 Å². The van der Waals surface area contributed by atoms with Crippen LogP contribution in [0.15, 0.2) is 24.3 Å². The summed E-state index contributed by atoms with van der Waals surface area (Å²) in [5.74, 6) is -1.67. The van der Waals surface area contributed by atoms with Gasteiger partial charge >= 0.3 is 5.97 Å². The second kappa shape index (κ2) is 4.44. The molecule has 1 rings (SSSR count). The molecule has 5 heteroatoms. The molecule has 15 heavy (non-hydrogen) atoms. The van der Waals surface area contributed by atoms with E-state index in [1.54, 1.807) is 12.1 Å². The summed E-state index contributed by atoms with van der Waals surface area (Å²) in [6.45, 7) is 1.15. The van der Waals surface area contributed by atoms with Gasteiger partial charge in [-0.3, -0.25) is 0 Å². The lowest BCUT2D eigenvalue weighted by atomic mass is 9.91. The summed E-state index contributed by atoms with van der Waals surface area (Å²) in [5, 5.41) is 18.3. The van der Waals surface area contributed by atoms with Crippen molar-refractivity contribution in [3.05, 3.63) is 33.4 Å². The number of benzene rings is 1. The maximum Gasteiger partial charge on any atom is 0.341 e. The largest absolute Gasteiger partial charge is 0.479 e. The van der Waals surface area contributed by atoms with E-state index in [0.717, 1.165) is 10.5 Å². The molecule has 0 bridgehead atoms. The Hall–Kier alpha value is -0.690.